The van der Waals surface area contributed by atoms with Crippen LogP contribution in [0.1, 0.15) is 328 Å². The van der Waals surface area contributed by atoms with Crippen molar-refractivity contribution < 1.29 is 24.5 Å². The summed E-state index contributed by atoms with van der Waals surface area (Å²) in [5, 5.41) is 23.0. The highest BCUT2D eigenvalue weighted by Gasteiger charge is 2.18. The summed E-state index contributed by atoms with van der Waals surface area (Å²) in [6.07, 6.45) is 69.3. The minimum Gasteiger partial charge on any atom is -0.466 e. The van der Waals surface area contributed by atoms with Gasteiger partial charge in [-0.15, -0.1) is 0 Å². The van der Waals surface area contributed by atoms with E-state index in [9.17, 15) is 19.8 Å². The Labute approximate surface area is 418 Å². The Morgan fingerprint density at radius 2 is 0.701 bits per heavy atom. The van der Waals surface area contributed by atoms with Gasteiger partial charge in [-0.2, -0.15) is 0 Å². The van der Waals surface area contributed by atoms with Crippen molar-refractivity contribution in [2.75, 3.05) is 13.2 Å². The van der Waals surface area contributed by atoms with Crippen LogP contribution in [-0.2, 0) is 14.3 Å². The highest BCUT2D eigenvalue weighted by Crippen LogP contribution is 2.17. The quantitative estimate of drug-likeness (QED) is 0.0321. The van der Waals surface area contributed by atoms with E-state index in [-0.39, 0.29) is 18.5 Å². The molecule has 67 heavy (non-hydrogen) atoms. The number of aliphatic hydroxyl groups is 2. The number of carbonyl (C=O) groups excluding carboxylic acids is 2. The van der Waals surface area contributed by atoms with Crippen molar-refractivity contribution in [2.24, 2.45) is 0 Å². The third-order valence-corrected chi connectivity index (χ3v) is 14.0. The first-order chi connectivity index (χ1) is 33.0. The lowest BCUT2D eigenvalue weighted by Gasteiger charge is -2.20. The first-order valence-electron chi connectivity index (χ1n) is 30.1. The molecule has 1 amide bonds. The van der Waals surface area contributed by atoms with E-state index in [4.69, 9.17) is 4.74 Å². The number of hydrogen-bond acceptors (Lipinski definition) is 5. The van der Waals surface area contributed by atoms with Gasteiger partial charge in [-0.3, -0.25) is 9.59 Å². The van der Waals surface area contributed by atoms with Crippen molar-refractivity contribution in [1.29, 1.82) is 0 Å². The van der Waals surface area contributed by atoms with Crippen LogP contribution in [0.15, 0.2) is 24.3 Å². The second kappa shape index (κ2) is 56.9. The van der Waals surface area contributed by atoms with Crippen LogP contribution in [0.25, 0.3) is 0 Å². The Morgan fingerprint density at radius 3 is 1.06 bits per heavy atom. The normalized spacial score (nSPS) is 12.7. The van der Waals surface area contributed by atoms with Gasteiger partial charge in [0.15, 0.2) is 0 Å². The highest BCUT2D eigenvalue weighted by atomic mass is 16.5. The highest BCUT2D eigenvalue weighted by molar-refractivity contribution is 5.76. The van der Waals surface area contributed by atoms with Gasteiger partial charge in [-0.1, -0.05) is 282 Å². The summed E-state index contributed by atoms with van der Waals surface area (Å²) in [7, 11) is 0. The molecule has 0 saturated heterocycles. The number of ether oxygens (including phenoxy) is 1. The van der Waals surface area contributed by atoms with Crippen LogP contribution in [0.2, 0.25) is 0 Å². The van der Waals surface area contributed by atoms with Crippen molar-refractivity contribution in [1.82, 2.24) is 5.32 Å². The van der Waals surface area contributed by atoms with Crippen LogP contribution in [0.5, 0.6) is 0 Å². The first-order valence-corrected chi connectivity index (χ1v) is 30.1. The predicted octanol–water partition coefficient (Wildman–Crippen LogP) is 18.6. The number of esters is 1. The standard InChI is InChI=1S/C61H117NO5/c1-3-5-7-9-11-13-15-30-35-39-43-47-51-55-61(66)67-56-52-48-44-40-36-32-29-27-25-23-21-19-17-18-20-22-24-26-28-31-34-38-42-46-50-54-60(65)62-58(57-63)59(64)53-49-45-41-37-33-16-14-12-10-8-6-4-2/h18,20,49,53,58-59,63-64H,3-17,19,21-48,50-52,54-57H2,1-2H3,(H,62,65)/b20-18-,53-49+. The van der Waals surface area contributed by atoms with Crippen LogP contribution in [-0.4, -0.2) is 47.4 Å². The average Bonchev–Trinajstić information content (AvgIpc) is 3.33. The maximum atomic E-state index is 12.4. The molecule has 0 aromatic carbocycles. The number of rotatable bonds is 56. The number of hydrogen-bond donors (Lipinski definition) is 3. The summed E-state index contributed by atoms with van der Waals surface area (Å²) in [5.74, 6) is -0.0564. The van der Waals surface area contributed by atoms with E-state index in [2.05, 4.69) is 31.3 Å². The Kier molecular flexibility index (Phi) is 55.5. The molecule has 0 spiro atoms. The SMILES string of the molecule is CCCCCCCCCCCC/C=C/C(O)C(CO)NC(=O)CCCCCCCCCCC/C=C\CCCCCCCCCCCCCCOC(=O)CCCCCCCCCCCCCCC. The summed E-state index contributed by atoms with van der Waals surface area (Å²) < 4.78 is 5.48. The zero-order chi connectivity index (χ0) is 48.6. The molecular formula is C61H117NO5. The fraction of sp³-hybridized carbons (Fsp3) is 0.902. The molecule has 0 rings (SSSR count). The molecule has 0 aromatic rings. The Morgan fingerprint density at radius 1 is 0.403 bits per heavy atom. The molecule has 0 fully saturated rings. The first kappa shape index (κ1) is 65.3. The van der Waals surface area contributed by atoms with Gasteiger partial charge in [-0.25, -0.2) is 0 Å². The molecule has 6 nitrogen and oxygen atoms in total. The van der Waals surface area contributed by atoms with Crippen LogP contribution in [0, 0.1) is 0 Å². The molecule has 0 aliphatic carbocycles. The Hall–Kier alpha value is -1.66. The molecule has 2 unspecified atom stereocenters. The molecule has 0 radical (unpaired) electrons. The van der Waals surface area contributed by atoms with Crippen molar-refractivity contribution in [3.05, 3.63) is 24.3 Å². The minimum atomic E-state index is -0.845. The maximum Gasteiger partial charge on any atom is 0.305 e. The molecule has 396 valence electrons. The van der Waals surface area contributed by atoms with Crippen LogP contribution >= 0.6 is 0 Å². The number of carbonyl (C=O) groups is 2. The monoisotopic (exact) mass is 944 g/mol. The fourth-order valence-corrected chi connectivity index (χ4v) is 9.34. The lowest BCUT2D eigenvalue weighted by molar-refractivity contribution is -0.143. The van der Waals surface area contributed by atoms with E-state index in [0.717, 1.165) is 38.5 Å². The molecule has 0 aliphatic rings. The van der Waals surface area contributed by atoms with Crippen molar-refractivity contribution in [2.45, 2.75) is 341 Å². The molecular weight excluding hydrogens is 827 g/mol. The molecule has 6 heteroatoms. The third kappa shape index (κ3) is 53.5. The van der Waals surface area contributed by atoms with Crippen LogP contribution in [0.4, 0.5) is 0 Å². The predicted molar refractivity (Wildman–Crippen MR) is 292 cm³/mol. The van der Waals surface area contributed by atoms with Gasteiger partial charge < -0.3 is 20.3 Å². The lowest BCUT2D eigenvalue weighted by Crippen LogP contribution is -2.45. The molecule has 0 heterocycles. The molecule has 3 N–H and O–H groups in total. The Balaban J connectivity index is 3.40. The fourth-order valence-electron chi connectivity index (χ4n) is 9.34. The average molecular weight is 945 g/mol. The largest absolute Gasteiger partial charge is 0.466 e. The van der Waals surface area contributed by atoms with Crippen molar-refractivity contribution in [3.63, 3.8) is 0 Å². The zero-order valence-corrected chi connectivity index (χ0v) is 45.1. The van der Waals surface area contributed by atoms with Crippen molar-refractivity contribution >= 4 is 11.9 Å². The summed E-state index contributed by atoms with van der Waals surface area (Å²) in [5.41, 5.74) is 0. The number of amides is 1. The third-order valence-electron chi connectivity index (χ3n) is 14.0. The lowest BCUT2D eigenvalue weighted by atomic mass is 10.0. The topological polar surface area (TPSA) is 95.9 Å². The second-order valence-electron chi connectivity index (χ2n) is 20.7. The summed E-state index contributed by atoms with van der Waals surface area (Å²) in [6, 6.07) is -0.628. The van der Waals surface area contributed by atoms with Gasteiger partial charge in [0.2, 0.25) is 5.91 Å². The Bertz CT molecular complexity index is 1040. The smallest absolute Gasteiger partial charge is 0.305 e. The van der Waals surface area contributed by atoms with E-state index in [1.807, 2.05) is 6.08 Å². The zero-order valence-electron chi connectivity index (χ0n) is 45.1. The summed E-state index contributed by atoms with van der Waals surface area (Å²) in [6.45, 7) is 4.91. The summed E-state index contributed by atoms with van der Waals surface area (Å²) >= 11 is 0. The van der Waals surface area contributed by atoms with Crippen molar-refractivity contribution in [3.8, 4) is 0 Å². The van der Waals surface area contributed by atoms with Gasteiger partial charge >= 0.3 is 5.97 Å². The van der Waals surface area contributed by atoms with Gasteiger partial charge in [0, 0.05) is 12.8 Å². The minimum absolute atomic E-state index is 0.0146. The molecule has 0 saturated carbocycles. The molecule has 0 bridgehead atoms. The van der Waals surface area contributed by atoms with E-state index in [1.54, 1.807) is 6.08 Å². The van der Waals surface area contributed by atoms with Gasteiger partial charge in [-0.05, 0) is 57.8 Å². The van der Waals surface area contributed by atoms with E-state index in [1.165, 1.54) is 263 Å². The molecule has 2 atom stereocenters. The second-order valence-corrected chi connectivity index (χ2v) is 20.7. The van der Waals surface area contributed by atoms with E-state index < -0.39 is 12.1 Å². The van der Waals surface area contributed by atoms with Gasteiger partial charge in [0.05, 0.1) is 25.4 Å². The number of allylic oxidation sites excluding steroid dienone is 3. The maximum absolute atomic E-state index is 12.4. The van der Waals surface area contributed by atoms with Gasteiger partial charge in [0.25, 0.3) is 0 Å². The molecule has 0 aliphatic heterocycles. The van der Waals surface area contributed by atoms with Crippen LogP contribution in [0.3, 0.4) is 0 Å². The molecule has 0 aromatic heterocycles. The number of aliphatic hydroxyl groups excluding tert-OH is 2. The van der Waals surface area contributed by atoms with E-state index in [0.29, 0.717) is 19.4 Å². The number of nitrogens with one attached hydrogen (secondary N) is 1. The van der Waals surface area contributed by atoms with Gasteiger partial charge in [0.1, 0.15) is 0 Å². The number of unbranched alkanes of at least 4 members (excludes halogenated alkanes) is 43. The summed E-state index contributed by atoms with van der Waals surface area (Å²) in [4.78, 5) is 24.5. The van der Waals surface area contributed by atoms with E-state index >= 15 is 0 Å². The van der Waals surface area contributed by atoms with Crippen LogP contribution < -0.4 is 5.32 Å².